The first kappa shape index (κ1) is 11.3. The molecule has 19 heavy (non-hydrogen) atoms. The average Bonchev–Trinajstić information content (AvgIpc) is 3.04. The van der Waals surface area contributed by atoms with Gasteiger partial charge in [0, 0.05) is 37.6 Å². The maximum absolute atomic E-state index is 4.37. The summed E-state index contributed by atoms with van der Waals surface area (Å²) in [6.07, 6.45) is 9.15. The van der Waals surface area contributed by atoms with Crippen molar-refractivity contribution in [3.8, 4) is 0 Å². The lowest BCUT2D eigenvalue weighted by atomic mass is 9.98. The maximum atomic E-state index is 4.37. The first-order valence-corrected chi connectivity index (χ1v) is 7.22. The Balaban J connectivity index is 1.66. The van der Waals surface area contributed by atoms with E-state index >= 15 is 0 Å². The SMILES string of the molecule is CN(c1cccc2nccn12)C1CC2CCC(C1)N2. The molecular weight excluding hydrogens is 236 g/mol. The van der Waals surface area contributed by atoms with Crippen LogP contribution < -0.4 is 10.2 Å². The van der Waals surface area contributed by atoms with E-state index in [9.17, 15) is 0 Å². The molecule has 2 unspecified atom stereocenters. The van der Waals surface area contributed by atoms with Crippen LogP contribution in [0.1, 0.15) is 25.7 Å². The van der Waals surface area contributed by atoms with Crippen molar-refractivity contribution in [3.05, 3.63) is 30.6 Å². The highest BCUT2D eigenvalue weighted by Crippen LogP contribution is 2.31. The van der Waals surface area contributed by atoms with Crippen molar-refractivity contribution in [2.75, 3.05) is 11.9 Å². The zero-order valence-corrected chi connectivity index (χ0v) is 11.3. The maximum Gasteiger partial charge on any atom is 0.138 e. The predicted molar refractivity (Wildman–Crippen MR) is 76.6 cm³/mol. The fourth-order valence-electron chi connectivity index (χ4n) is 3.75. The van der Waals surface area contributed by atoms with Crippen molar-refractivity contribution in [1.82, 2.24) is 14.7 Å². The van der Waals surface area contributed by atoms with Crippen LogP contribution in [-0.2, 0) is 0 Å². The van der Waals surface area contributed by atoms with E-state index in [1.165, 1.54) is 31.5 Å². The third-order valence-electron chi connectivity index (χ3n) is 4.76. The molecule has 2 aliphatic heterocycles. The van der Waals surface area contributed by atoms with Crippen LogP contribution in [-0.4, -0.2) is 34.6 Å². The monoisotopic (exact) mass is 256 g/mol. The minimum atomic E-state index is 0.645. The van der Waals surface area contributed by atoms with Crippen molar-refractivity contribution >= 4 is 11.5 Å². The Morgan fingerprint density at radius 3 is 2.84 bits per heavy atom. The highest BCUT2D eigenvalue weighted by atomic mass is 15.2. The second kappa shape index (κ2) is 4.23. The summed E-state index contributed by atoms with van der Waals surface area (Å²) in [6, 6.07) is 8.46. The molecule has 2 aromatic heterocycles. The van der Waals surface area contributed by atoms with Gasteiger partial charge in [-0.2, -0.15) is 0 Å². The molecule has 4 rings (SSSR count). The molecule has 2 aromatic rings. The molecule has 2 aliphatic rings. The van der Waals surface area contributed by atoms with Gasteiger partial charge in [0.25, 0.3) is 0 Å². The Kier molecular flexibility index (Phi) is 2.52. The van der Waals surface area contributed by atoms with Gasteiger partial charge in [-0.15, -0.1) is 0 Å². The third-order valence-corrected chi connectivity index (χ3v) is 4.76. The molecule has 4 nitrogen and oxygen atoms in total. The topological polar surface area (TPSA) is 32.6 Å². The normalized spacial score (nSPS) is 29.8. The van der Waals surface area contributed by atoms with Crippen LogP contribution in [0.4, 0.5) is 5.82 Å². The highest BCUT2D eigenvalue weighted by molar-refractivity contribution is 5.51. The fraction of sp³-hybridized carbons (Fsp3) is 0.533. The van der Waals surface area contributed by atoms with E-state index in [2.05, 4.69) is 51.0 Å². The molecule has 0 aliphatic carbocycles. The number of fused-ring (bicyclic) bond motifs is 3. The molecule has 2 bridgehead atoms. The van der Waals surface area contributed by atoms with Crippen molar-refractivity contribution in [1.29, 1.82) is 0 Å². The standard InChI is InChI=1S/C15H20N4/c1-18(13-9-11-5-6-12(10-13)17-11)15-4-2-3-14-16-7-8-19(14)15/h2-4,7-8,11-13,17H,5-6,9-10H2,1H3. The smallest absolute Gasteiger partial charge is 0.138 e. The number of anilines is 1. The van der Waals surface area contributed by atoms with Gasteiger partial charge >= 0.3 is 0 Å². The number of piperidine rings is 1. The summed E-state index contributed by atoms with van der Waals surface area (Å²) in [5, 5.41) is 3.71. The van der Waals surface area contributed by atoms with E-state index in [1.54, 1.807) is 0 Å². The Morgan fingerprint density at radius 1 is 1.26 bits per heavy atom. The summed E-state index contributed by atoms with van der Waals surface area (Å²) in [5.41, 5.74) is 1.03. The number of pyridine rings is 1. The molecule has 0 spiro atoms. The van der Waals surface area contributed by atoms with Gasteiger partial charge in [0.1, 0.15) is 11.5 Å². The third kappa shape index (κ3) is 1.82. The van der Waals surface area contributed by atoms with Gasteiger partial charge in [0.2, 0.25) is 0 Å². The molecule has 4 heterocycles. The van der Waals surface area contributed by atoms with Gasteiger partial charge in [-0.25, -0.2) is 4.98 Å². The number of aromatic nitrogens is 2. The minimum absolute atomic E-state index is 0.645. The Labute approximate surface area is 113 Å². The van der Waals surface area contributed by atoms with Crippen LogP contribution >= 0.6 is 0 Å². The second-order valence-electron chi connectivity index (χ2n) is 5.91. The van der Waals surface area contributed by atoms with E-state index in [1.807, 2.05) is 6.20 Å². The first-order valence-electron chi connectivity index (χ1n) is 7.22. The van der Waals surface area contributed by atoms with Crippen LogP contribution in [0.15, 0.2) is 30.6 Å². The van der Waals surface area contributed by atoms with Crippen LogP contribution in [0.3, 0.4) is 0 Å². The van der Waals surface area contributed by atoms with E-state index in [0.29, 0.717) is 6.04 Å². The summed E-state index contributed by atoms with van der Waals surface area (Å²) in [4.78, 5) is 6.82. The lowest BCUT2D eigenvalue weighted by molar-refractivity contribution is 0.353. The number of imidazole rings is 1. The van der Waals surface area contributed by atoms with Gasteiger partial charge in [-0.05, 0) is 37.8 Å². The van der Waals surface area contributed by atoms with E-state index < -0.39 is 0 Å². The number of nitrogens with one attached hydrogen (secondary N) is 1. The zero-order valence-electron chi connectivity index (χ0n) is 11.3. The molecule has 2 saturated heterocycles. The van der Waals surface area contributed by atoms with Gasteiger partial charge in [0.05, 0.1) is 0 Å². The number of rotatable bonds is 2. The molecule has 0 radical (unpaired) electrons. The van der Waals surface area contributed by atoms with Gasteiger partial charge < -0.3 is 10.2 Å². The molecule has 0 saturated carbocycles. The van der Waals surface area contributed by atoms with Crippen LogP contribution in [0.2, 0.25) is 0 Å². The Hall–Kier alpha value is -1.55. The molecule has 4 heteroatoms. The Bertz CT molecular complexity index is 579. The van der Waals surface area contributed by atoms with Crippen molar-refractivity contribution in [2.45, 2.75) is 43.8 Å². The van der Waals surface area contributed by atoms with Gasteiger partial charge in [0.15, 0.2) is 0 Å². The molecule has 0 amide bonds. The van der Waals surface area contributed by atoms with Crippen molar-refractivity contribution in [2.24, 2.45) is 0 Å². The van der Waals surface area contributed by atoms with Crippen LogP contribution in [0, 0.1) is 0 Å². The number of hydrogen-bond donors (Lipinski definition) is 1. The summed E-state index contributed by atoms with van der Waals surface area (Å²) >= 11 is 0. The van der Waals surface area contributed by atoms with E-state index in [4.69, 9.17) is 0 Å². The van der Waals surface area contributed by atoms with E-state index in [-0.39, 0.29) is 0 Å². The van der Waals surface area contributed by atoms with Crippen molar-refractivity contribution < 1.29 is 0 Å². The van der Waals surface area contributed by atoms with Crippen molar-refractivity contribution in [3.63, 3.8) is 0 Å². The second-order valence-corrected chi connectivity index (χ2v) is 5.91. The predicted octanol–water partition coefficient (Wildman–Crippen LogP) is 2.05. The first-order chi connectivity index (χ1) is 9.31. The van der Waals surface area contributed by atoms with E-state index in [0.717, 1.165) is 17.7 Å². The lowest BCUT2D eigenvalue weighted by Gasteiger charge is -2.37. The molecule has 1 N–H and O–H groups in total. The molecule has 0 aromatic carbocycles. The van der Waals surface area contributed by atoms with Crippen LogP contribution in [0.5, 0.6) is 0 Å². The largest absolute Gasteiger partial charge is 0.358 e. The molecule has 2 fully saturated rings. The summed E-state index contributed by atoms with van der Waals surface area (Å²) in [5.74, 6) is 1.25. The summed E-state index contributed by atoms with van der Waals surface area (Å²) < 4.78 is 2.18. The molecule has 100 valence electrons. The highest BCUT2D eigenvalue weighted by Gasteiger charge is 2.35. The molecule has 2 atom stereocenters. The molecular formula is C15H20N4. The van der Waals surface area contributed by atoms with Crippen LogP contribution in [0.25, 0.3) is 5.65 Å². The lowest BCUT2D eigenvalue weighted by Crippen LogP contribution is -2.47. The quantitative estimate of drug-likeness (QED) is 0.892. The van der Waals surface area contributed by atoms with Gasteiger partial charge in [-0.3, -0.25) is 4.40 Å². The zero-order chi connectivity index (χ0) is 12.8. The Morgan fingerprint density at radius 2 is 2.05 bits per heavy atom. The van der Waals surface area contributed by atoms with Gasteiger partial charge in [-0.1, -0.05) is 6.07 Å². The number of hydrogen-bond acceptors (Lipinski definition) is 3. The summed E-state index contributed by atoms with van der Waals surface area (Å²) in [7, 11) is 2.23. The minimum Gasteiger partial charge on any atom is -0.358 e. The fourth-order valence-corrected chi connectivity index (χ4v) is 3.75. The summed E-state index contributed by atoms with van der Waals surface area (Å²) in [6.45, 7) is 0. The average molecular weight is 256 g/mol. The number of nitrogens with zero attached hydrogens (tertiary/aromatic N) is 3.